The molecule has 0 fully saturated rings. The van der Waals surface area contributed by atoms with Crippen LogP contribution in [0, 0.1) is 5.92 Å². The predicted octanol–water partition coefficient (Wildman–Crippen LogP) is 6.41. The zero-order valence-corrected chi connectivity index (χ0v) is 13.3. The number of rotatable bonds is 2. The molecule has 0 nitrogen and oxygen atoms in total. The minimum atomic E-state index is 0.758. The largest absolute Gasteiger partial charge is 0.103 e. The third-order valence-electron chi connectivity index (χ3n) is 3.69. The summed E-state index contributed by atoms with van der Waals surface area (Å²) >= 11 is 2.56. The van der Waals surface area contributed by atoms with Crippen molar-refractivity contribution >= 4 is 22.6 Å². The Morgan fingerprint density at radius 2 is 1.65 bits per heavy atom. The topological polar surface area (TPSA) is 0 Å². The molecule has 1 aliphatic carbocycles. The minimum Gasteiger partial charge on any atom is -0.103 e. The summed E-state index contributed by atoms with van der Waals surface area (Å²) in [6.45, 7) is 3.90. The molecule has 0 aromatic rings. The van der Waals surface area contributed by atoms with E-state index < -0.39 is 0 Å². The van der Waals surface area contributed by atoms with Gasteiger partial charge in [-0.1, -0.05) is 57.1 Å². The van der Waals surface area contributed by atoms with Crippen LogP contribution in [0.3, 0.4) is 0 Å². The normalized spacial score (nSPS) is 28.1. The molecule has 1 rings (SSSR count). The summed E-state index contributed by atoms with van der Waals surface area (Å²) in [6, 6.07) is 0. The van der Waals surface area contributed by atoms with E-state index in [1.54, 1.807) is 3.58 Å². The van der Waals surface area contributed by atoms with Gasteiger partial charge in [-0.2, -0.15) is 0 Å². The van der Waals surface area contributed by atoms with E-state index >= 15 is 0 Å². The Morgan fingerprint density at radius 1 is 1.06 bits per heavy atom. The van der Waals surface area contributed by atoms with Gasteiger partial charge in [-0.05, 0) is 57.8 Å². The van der Waals surface area contributed by atoms with Crippen molar-refractivity contribution in [1.29, 1.82) is 0 Å². The Labute approximate surface area is 121 Å². The Bertz CT molecular complexity index is 230. The van der Waals surface area contributed by atoms with Gasteiger partial charge in [0.1, 0.15) is 0 Å². The van der Waals surface area contributed by atoms with Gasteiger partial charge in [-0.3, -0.25) is 0 Å². The smallest absolute Gasteiger partial charge is 0.00725 e. The fourth-order valence-corrected chi connectivity index (χ4v) is 3.45. The molecule has 0 bridgehead atoms. The fourth-order valence-electron chi connectivity index (χ4n) is 2.57. The molecule has 0 spiro atoms. The SMILES string of the molecule is C=CCC1CCCCCCCCCC/C=C/1I. The van der Waals surface area contributed by atoms with Crippen LogP contribution in [0.15, 0.2) is 22.3 Å². The van der Waals surface area contributed by atoms with E-state index in [1.807, 2.05) is 0 Å². The van der Waals surface area contributed by atoms with Crippen LogP contribution in [0.5, 0.6) is 0 Å². The lowest BCUT2D eigenvalue weighted by Crippen LogP contribution is -1.99. The number of hydrogen-bond acceptors (Lipinski definition) is 0. The van der Waals surface area contributed by atoms with Gasteiger partial charge in [-0.25, -0.2) is 0 Å². The second-order valence-corrected chi connectivity index (χ2v) is 6.46. The molecular weight excluding hydrogens is 319 g/mol. The van der Waals surface area contributed by atoms with Crippen LogP contribution in [-0.2, 0) is 0 Å². The molecule has 17 heavy (non-hydrogen) atoms. The minimum absolute atomic E-state index is 0.758. The summed E-state index contributed by atoms with van der Waals surface area (Å²) in [6.07, 6.45) is 19.8. The van der Waals surface area contributed by atoms with Crippen molar-refractivity contribution in [3.63, 3.8) is 0 Å². The first-order chi connectivity index (χ1) is 8.34. The molecule has 1 heteroatoms. The summed E-state index contributed by atoms with van der Waals surface area (Å²) in [7, 11) is 0. The first-order valence-corrected chi connectivity index (χ1v) is 8.39. The first-order valence-electron chi connectivity index (χ1n) is 7.31. The van der Waals surface area contributed by atoms with Crippen molar-refractivity contribution in [1.82, 2.24) is 0 Å². The zero-order valence-electron chi connectivity index (χ0n) is 11.1. The van der Waals surface area contributed by atoms with E-state index in [0.717, 1.165) is 12.3 Å². The quantitative estimate of drug-likeness (QED) is 0.400. The van der Waals surface area contributed by atoms with Gasteiger partial charge in [0, 0.05) is 0 Å². The van der Waals surface area contributed by atoms with Crippen LogP contribution in [0.2, 0.25) is 0 Å². The lowest BCUT2D eigenvalue weighted by atomic mass is 9.96. The highest BCUT2D eigenvalue weighted by atomic mass is 127. The second kappa shape index (κ2) is 10.2. The Hall–Kier alpha value is 0.210. The second-order valence-electron chi connectivity index (χ2n) is 5.22. The zero-order chi connectivity index (χ0) is 12.3. The maximum absolute atomic E-state index is 3.90. The van der Waals surface area contributed by atoms with Gasteiger partial charge in [0.15, 0.2) is 0 Å². The predicted molar refractivity (Wildman–Crippen MR) is 86.6 cm³/mol. The maximum atomic E-state index is 3.90. The summed E-state index contributed by atoms with van der Waals surface area (Å²) in [5, 5.41) is 0. The monoisotopic (exact) mass is 346 g/mol. The molecule has 0 aliphatic heterocycles. The third kappa shape index (κ3) is 7.28. The molecule has 0 amide bonds. The number of halogens is 1. The van der Waals surface area contributed by atoms with Crippen molar-refractivity contribution in [3.05, 3.63) is 22.3 Å². The lowest BCUT2D eigenvalue weighted by Gasteiger charge is -2.14. The average molecular weight is 346 g/mol. The van der Waals surface area contributed by atoms with Crippen LogP contribution >= 0.6 is 22.6 Å². The van der Waals surface area contributed by atoms with Crippen LogP contribution in [-0.4, -0.2) is 0 Å². The van der Waals surface area contributed by atoms with Crippen LogP contribution in [0.25, 0.3) is 0 Å². The highest BCUT2D eigenvalue weighted by Gasteiger charge is 2.10. The molecule has 1 atom stereocenters. The van der Waals surface area contributed by atoms with Crippen molar-refractivity contribution in [3.8, 4) is 0 Å². The van der Waals surface area contributed by atoms with Crippen molar-refractivity contribution in [2.45, 2.75) is 70.6 Å². The van der Waals surface area contributed by atoms with E-state index in [2.05, 4.69) is 41.3 Å². The van der Waals surface area contributed by atoms with Gasteiger partial charge in [0.25, 0.3) is 0 Å². The fraction of sp³-hybridized carbons (Fsp3) is 0.750. The standard InChI is InChI=1S/C16H27I/c1-2-12-15-13-10-8-6-4-3-5-7-9-11-14-16(15)17/h2,14-15H,1,3-13H2/b16-14-. The van der Waals surface area contributed by atoms with E-state index in [0.29, 0.717) is 0 Å². The summed E-state index contributed by atoms with van der Waals surface area (Å²) < 4.78 is 1.58. The molecule has 0 N–H and O–H groups in total. The van der Waals surface area contributed by atoms with Gasteiger partial charge in [-0.15, -0.1) is 6.58 Å². The van der Waals surface area contributed by atoms with Crippen molar-refractivity contribution in [2.24, 2.45) is 5.92 Å². The molecule has 0 aromatic carbocycles. The van der Waals surface area contributed by atoms with E-state index in [-0.39, 0.29) is 0 Å². The summed E-state index contributed by atoms with van der Waals surface area (Å²) in [4.78, 5) is 0. The average Bonchev–Trinajstić information content (AvgIpc) is 2.35. The van der Waals surface area contributed by atoms with E-state index in [1.165, 1.54) is 64.2 Å². The van der Waals surface area contributed by atoms with Crippen molar-refractivity contribution in [2.75, 3.05) is 0 Å². The number of allylic oxidation sites excluding steroid dienone is 3. The summed E-state index contributed by atoms with van der Waals surface area (Å²) in [5.41, 5.74) is 0. The highest BCUT2D eigenvalue weighted by molar-refractivity contribution is 14.1. The van der Waals surface area contributed by atoms with Crippen molar-refractivity contribution < 1.29 is 0 Å². The molecular formula is C16H27I. The highest BCUT2D eigenvalue weighted by Crippen LogP contribution is 2.29. The molecule has 1 aliphatic rings. The molecule has 0 aromatic heterocycles. The third-order valence-corrected chi connectivity index (χ3v) is 5.01. The molecule has 0 saturated heterocycles. The van der Waals surface area contributed by atoms with Gasteiger partial charge < -0.3 is 0 Å². The summed E-state index contributed by atoms with van der Waals surface area (Å²) in [5.74, 6) is 0.758. The molecule has 0 saturated carbocycles. The Morgan fingerprint density at radius 3 is 2.29 bits per heavy atom. The van der Waals surface area contributed by atoms with Gasteiger partial charge in [0.05, 0.1) is 0 Å². The molecule has 0 heterocycles. The van der Waals surface area contributed by atoms with Gasteiger partial charge >= 0.3 is 0 Å². The Balaban J connectivity index is 2.47. The van der Waals surface area contributed by atoms with Crippen LogP contribution in [0.1, 0.15) is 70.6 Å². The molecule has 0 radical (unpaired) electrons. The molecule has 98 valence electrons. The maximum Gasteiger partial charge on any atom is -0.00725 e. The molecule has 1 unspecified atom stereocenters. The lowest BCUT2D eigenvalue weighted by molar-refractivity contribution is 0.517. The first kappa shape index (κ1) is 15.3. The number of hydrogen-bond donors (Lipinski definition) is 0. The van der Waals surface area contributed by atoms with E-state index in [4.69, 9.17) is 0 Å². The van der Waals surface area contributed by atoms with E-state index in [9.17, 15) is 0 Å². The van der Waals surface area contributed by atoms with Gasteiger partial charge in [0.2, 0.25) is 0 Å². The van der Waals surface area contributed by atoms with Crippen LogP contribution < -0.4 is 0 Å². The Kier molecular flexibility index (Phi) is 9.13. The van der Waals surface area contributed by atoms with Crippen LogP contribution in [0.4, 0.5) is 0 Å².